The molecule has 0 N–H and O–H groups in total. The first kappa shape index (κ1) is 14.3. The number of carbonyl (C=O) groups excluding carboxylic acids is 1. The van der Waals surface area contributed by atoms with Crippen molar-refractivity contribution in [2.45, 2.75) is 31.8 Å². The molecule has 2 aromatic rings. The number of rotatable bonds is 5. The van der Waals surface area contributed by atoms with Crippen LogP contribution in [0.4, 0.5) is 0 Å². The van der Waals surface area contributed by atoms with Crippen LogP contribution < -0.4 is 5.56 Å². The van der Waals surface area contributed by atoms with E-state index in [9.17, 15) is 9.59 Å². The monoisotopic (exact) mass is 296 g/mol. The minimum atomic E-state index is -0.142. The van der Waals surface area contributed by atoms with Gasteiger partial charge in [0.2, 0.25) is 5.91 Å². The lowest BCUT2D eigenvalue weighted by Gasteiger charge is -2.19. The molecule has 1 aliphatic carbocycles. The minimum absolute atomic E-state index is 0.0795. The second-order valence-corrected chi connectivity index (χ2v) is 5.42. The third kappa shape index (κ3) is 2.84. The van der Waals surface area contributed by atoms with E-state index in [1.807, 2.05) is 12.1 Å². The number of hydrogen-bond donors (Lipinski definition) is 0. The molecule has 3 rings (SSSR count). The summed E-state index contributed by atoms with van der Waals surface area (Å²) in [4.78, 5) is 30.4. The Hall–Kier alpha value is -2.68. The molecule has 1 aliphatic rings. The second kappa shape index (κ2) is 5.98. The highest BCUT2D eigenvalue weighted by molar-refractivity contribution is 5.78. The van der Waals surface area contributed by atoms with Crippen LogP contribution >= 0.6 is 0 Å². The Bertz CT molecular complexity index is 802. The summed E-state index contributed by atoms with van der Waals surface area (Å²) in [6.07, 6.45) is 3.61. The molecule has 0 spiro atoms. The number of benzene rings is 1. The molecule has 1 aromatic carbocycles. The van der Waals surface area contributed by atoms with Crippen molar-refractivity contribution in [2.75, 3.05) is 6.54 Å². The van der Waals surface area contributed by atoms with Gasteiger partial charge in [0, 0.05) is 19.0 Å². The Labute approximate surface area is 127 Å². The summed E-state index contributed by atoms with van der Waals surface area (Å²) >= 11 is 0. The van der Waals surface area contributed by atoms with Crippen LogP contribution in [-0.4, -0.2) is 32.9 Å². The molecule has 112 valence electrons. The van der Waals surface area contributed by atoms with Gasteiger partial charge in [-0.05, 0) is 25.0 Å². The Morgan fingerprint density at radius 2 is 2.18 bits per heavy atom. The average molecular weight is 296 g/mol. The molecule has 0 atom stereocenters. The van der Waals surface area contributed by atoms with Gasteiger partial charge in [-0.1, -0.05) is 12.1 Å². The topological polar surface area (TPSA) is 79.0 Å². The van der Waals surface area contributed by atoms with Crippen LogP contribution in [0.2, 0.25) is 0 Å². The zero-order valence-electron chi connectivity index (χ0n) is 12.1. The van der Waals surface area contributed by atoms with Crippen molar-refractivity contribution in [2.24, 2.45) is 0 Å². The highest BCUT2D eigenvalue weighted by atomic mass is 16.2. The Balaban J connectivity index is 1.74. The number of aromatic nitrogens is 2. The molecule has 0 saturated heterocycles. The van der Waals surface area contributed by atoms with Gasteiger partial charge in [0.1, 0.15) is 6.54 Å². The van der Waals surface area contributed by atoms with Crippen LogP contribution in [0.15, 0.2) is 35.4 Å². The number of hydrogen-bond acceptors (Lipinski definition) is 4. The maximum Gasteiger partial charge on any atom is 0.261 e. The molecule has 0 radical (unpaired) electrons. The summed E-state index contributed by atoms with van der Waals surface area (Å²) in [5.74, 6) is -0.0795. The molecule has 0 aliphatic heterocycles. The molecule has 22 heavy (non-hydrogen) atoms. The fourth-order valence-corrected chi connectivity index (χ4v) is 2.51. The van der Waals surface area contributed by atoms with Gasteiger partial charge in [-0.3, -0.25) is 14.2 Å². The third-order valence-electron chi connectivity index (χ3n) is 3.85. The van der Waals surface area contributed by atoms with E-state index in [0.29, 0.717) is 10.9 Å². The highest BCUT2D eigenvalue weighted by Gasteiger charge is 2.31. The fourth-order valence-electron chi connectivity index (χ4n) is 2.51. The summed E-state index contributed by atoms with van der Waals surface area (Å²) in [5, 5.41) is 9.35. The summed E-state index contributed by atoms with van der Waals surface area (Å²) in [5.41, 5.74) is 0.510. The molecule has 1 amide bonds. The molecule has 0 bridgehead atoms. The van der Waals surface area contributed by atoms with Gasteiger partial charge in [-0.2, -0.15) is 5.26 Å². The third-order valence-corrected chi connectivity index (χ3v) is 3.85. The fraction of sp³-hybridized carbons (Fsp3) is 0.375. The molecular formula is C16H16N4O2. The van der Waals surface area contributed by atoms with E-state index in [-0.39, 0.29) is 37.0 Å². The van der Waals surface area contributed by atoms with Crippen LogP contribution in [0, 0.1) is 11.3 Å². The first-order valence-electron chi connectivity index (χ1n) is 7.31. The SMILES string of the molecule is N#CCN(C(=O)CCn1cnc2ccccc2c1=O)C1CC1. The van der Waals surface area contributed by atoms with E-state index in [4.69, 9.17) is 5.26 Å². The lowest BCUT2D eigenvalue weighted by molar-refractivity contribution is -0.131. The zero-order valence-corrected chi connectivity index (χ0v) is 12.1. The number of amides is 1. The van der Waals surface area contributed by atoms with E-state index in [0.717, 1.165) is 12.8 Å². The van der Waals surface area contributed by atoms with Crippen molar-refractivity contribution >= 4 is 16.8 Å². The highest BCUT2D eigenvalue weighted by Crippen LogP contribution is 2.27. The van der Waals surface area contributed by atoms with E-state index in [2.05, 4.69) is 4.98 Å². The van der Waals surface area contributed by atoms with Crippen molar-refractivity contribution in [1.29, 1.82) is 5.26 Å². The second-order valence-electron chi connectivity index (χ2n) is 5.42. The number of carbonyl (C=O) groups is 1. The molecule has 6 heteroatoms. The smallest absolute Gasteiger partial charge is 0.261 e. The maximum absolute atomic E-state index is 12.3. The summed E-state index contributed by atoms with van der Waals surface area (Å²) in [7, 11) is 0. The predicted molar refractivity (Wildman–Crippen MR) is 81.0 cm³/mol. The van der Waals surface area contributed by atoms with E-state index in [1.165, 1.54) is 10.9 Å². The Morgan fingerprint density at radius 3 is 2.91 bits per heavy atom. The quantitative estimate of drug-likeness (QED) is 0.779. The summed E-state index contributed by atoms with van der Waals surface area (Å²) < 4.78 is 1.46. The first-order valence-corrected chi connectivity index (χ1v) is 7.31. The van der Waals surface area contributed by atoms with Crippen molar-refractivity contribution in [3.63, 3.8) is 0 Å². The molecule has 6 nitrogen and oxygen atoms in total. The van der Waals surface area contributed by atoms with Crippen LogP contribution in [0.25, 0.3) is 10.9 Å². The zero-order chi connectivity index (χ0) is 15.5. The largest absolute Gasteiger partial charge is 0.326 e. The van der Waals surface area contributed by atoms with Gasteiger partial charge in [-0.25, -0.2) is 4.98 Å². The normalized spacial score (nSPS) is 13.8. The molecule has 1 fully saturated rings. The Morgan fingerprint density at radius 1 is 1.41 bits per heavy atom. The summed E-state index contributed by atoms with van der Waals surface area (Å²) in [6, 6.07) is 9.38. The van der Waals surface area contributed by atoms with Crippen molar-refractivity contribution in [1.82, 2.24) is 14.5 Å². The van der Waals surface area contributed by atoms with E-state index < -0.39 is 0 Å². The van der Waals surface area contributed by atoms with Gasteiger partial charge in [-0.15, -0.1) is 0 Å². The van der Waals surface area contributed by atoms with E-state index >= 15 is 0 Å². The molecule has 1 saturated carbocycles. The van der Waals surface area contributed by atoms with Gasteiger partial charge in [0.15, 0.2) is 0 Å². The van der Waals surface area contributed by atoms with Crippen molar-refractivity contribution < 1.29 is 4.79 Å². The van der Waals surface area contributed by atoms with Gasteiger partial charge in [0.25, 0.3) is 5.56 Å². The van der Waals surface area contributed by atoms with Crippen molar-refractivity contribution in [3.05, 3.63) is 40.9 Å². The van der Waals surface area contributed by atoms with E-state index in [1.54, 1.807) is 23.1 Å². The predicted octanol–water partition coefficient (Wildman–Crippen LogP) is 1.30. The van der Waals surface area contributed by atoms with Gasteiger partial charge >= 0.3 is 0 Å². The van der Waals surface area contributed by atoms with Crippen LogP contribution in [0.5, 0.6) is 0 Å². The summed E-state index contributed by atoms with van der Waals surface area (Å²) in [6.45, 7) is 0.401. The standard InChI is InChI=1S/C16H16N4O2/c17-8-10-20(12-5-6-12)15(21)7-9-19-11-18-14-4-2-1-3-13(14)16(19)22/h1-4,11-12H,5-7,9-10H2. The van der Waals surface area contributed by atoms with Gasteiger partial charge in [0.05, 0.1) is 23.3 Å². The lowest BCUT2D eigenvalue weighted by Crippen LogP contribution is -2.34. The van der Waals surface area contributed by atoms with Crippen LogP contribution in [0.3, 0.4) is 0 Å². The minimum Gasteiger partial charge on any atom is -0.326 e. The van der Waals surface area contributed by atoms with Gasteiger partial charge < -0.3 is 4.90 Å². The van der Waals surface area contributed by atoms with Crippen LogP contribution in [0.1, 0.15) is 19.3 Å². The number of aryl methyl sites for hydroxylation is 1. The Kier molecular flexibility index (Phi) is 3.88. The molecule has 1 aromatic heterocycles. The molecule has 1 heterocycles. The van der Waals surface area contributed by atoms with Crippen molar-refractivity contribution in [3.8, 4) is 6.07 Å². The number of para-hydroxylation sites is 1. The lowest BCUT2D eigenvalue weighted by atomic mass is 10.2. The maximum atomic E-state index is 12.3. The van der Waals surface area contributed by atoms with Crippen LogP contribution in [-0.2, 0) is 11.3 Å². The first-order chi connectivity index (χ1) is 10.7. The average Bonchev–Trinajstić information content (AvgIpc) is 3.36. The number of nitriles is 1. The number of fused-ring (bicyclic) bond motifs is 1. The number of nitrogens with zero attached hydrogens (tertiary/aromatic N) is 4. The molecular weight excluding hydrogens is 280 g/mol. The molecule has 0 unspecified atom stereocenters.